The normalized spacial score (nSPS) is 24.0. The molecule has 0 amide bonds. The van der Waals surface area contributed by atoms with Crippen LogP contribution in [0.15, 0.2) is 17.1 Å². The van der Waals surface area contributed by atoms with Crippen molar-refractivity contribution in [3.05, 3.63) is 22.8 Å². The second kappa shape index (κ2) is 5.27. The Bertz CT molecular complexity index is 778. The van der Waals surface area contributed by atoms with Crippen LogP contribution in [-0.4, -0.2) is 45.9 Å². The molecule has 1 spiro atoms. The third-order valence-corrected chi connectivity index (χ3v) is 6.21. The molecule has 1 atom stereocenters. The molecule has 0 radical (unpaired) electrons. The molecule has 0 saturated carbocycles. The molecule has 4 heterocycles. The molecule has 2 aromatic rings. The van der Waals surface area contributed by atoms with Crippen LogP contribution < -0.4 is 4.90 Å². The minimum atomic E-state index is -0.0587. The maximum absolute atomic E-state index is 8.36. The zero-order valence-electron chi connectivity index (χ0n) is 13.3. The molecule has 7 heteroatoms. The highest BCUT2D eigenvalue weighted by Crippen LogP contribution is 2.40. The topological polar surface area (TPSA) is 66.5 Å². The van der Waals surface area contributed by atoms with Gasteiger partial charge in [-0.3, -0.25) is 4.40 Å². The molecule has 2 aliphatic heterocycles. The van der Waals surface area contributed by atoms with E-state index in [1.54, 1.807) is 0 Å². The highest BCUT2D eigenvalue weighted by molar-refractivity contribution is 9.10. The molecule has 122 valence electrons. The van der Waals surface area contributed by atoms with E-state index in [4.69, 9.17) is 15.1 Å². The minimum absolute atomic E-state index is 0.0314. The Hall–Kier alpha value is -1.47. The molecule has 2 saturated heterocycles. The standard InChI is InChI=1S/C16H20BrN5O/c1-10-14(17)22-9-19-7-12(22)15(20-10)21-5-3-16(4-6-21)8-23-11(2)13(16)18/h7,9,11,18H,3-6,8H2,1-2H3/t11-/m0/s1. The fraction of sp³-hybridized carbons (Fsp3) is 0.562. The number of rotatable bonds is 1. The Morgan fingerprint density at radius 3 is 2.78 bits per heavy atom. The number of hydrogen-bond acceptors (Lipinski definition) is 5. The molecule has 0 bridgehead atoms. The number of nitrogens with zero attached hydrogens (tertiary/aromatic N) is 4. The van der Waals surface area contributed by atoms with Crippen molar-refractivity contribution in [3.63, 3.8) is 0 Å². The number of halogens is 1. The zero-order valence-corrected chi connectivity index (χ0v) is 14.9. The van der Waals surface area contributed by atoms with Gasteiger partial charge in [-0.15, -0.1) is 0 Å². The molecule has 2 aliphatic rings. The molecular formula is C16H20BrN5O. The van der Waals surface area contributed by atoms with Crippen LogP contribution in [0.1, 0.15) is 25.5 Å². The first-order valence-corrected chi connectivity index (χ1v) is 8.75. The monoisotopic (exact) mass is 377 g/mol. The van der Waals surface area contributed by atoms with Gasteiger partial charge in [-0.2, -0.15) is 0 Å². The highest BCUT2D eigenvalue weighted by Gasteiger charge is 2.46. The van der Waals surface area contributed by atoms with Crippen LogP contribution >= 0.6 is 15.9 Å². The van der Waals surface area contributed by atoms with Crippen LogP contribution in [0.2, 0.25) is 0 Å². The Balaban J connectivity index is 1.63. The summed E-state index contributed by atoms with van der Waals surface area (Å²) in [6.07, 6.45) is 5.54. The molecule has 4 rings (SSSR count). The predicted molar refractivity (Wildman–Crippen MR) is 92.4 cm³/mol. The maximum atomic E-state index is 8.36. The summed E-state index contributed by atoms with van der Waals surface area (Å²) in [5.41, 5.74) is 2.68. The van der Waals surface area contributed by atoms with Crippen LogP contribution in [0.3, 0.4) is 0 Å². The smallest absolute Gasteiger partial charge is 0.154 e. The Kier molecular flexibility index (Phi) is 3.46. The second-order valence-electron chi connectivity index (χ2n) is 6.59. The minimum Gasteiger partial charge on any atom is -0.372 e. The third-order valence-electron chi connectivity index (χ3n) is 5.26. The summed E-state index contributed by atoms with van der Waals surface area (Å²) < 4.78 is 8.69. The van der Waals surface area contributed by atoms with Crippen molar-refractivity contribution in [2.75, 3.05) is 24.6 Å². The van der Waals surface area contributed by atoms with E-state index in [2.05, 4.69) is 25.8 Å². The molecule has 2 aromatic heterocycles. The molecule has 23 heavy (non-hydrogen) atoms. The van der Waals surface area contributed by atoms with Gasteiger partial charge in [-0.25, -0.2) is 9.97 Å². The van der Waals surface area contributed by atoms with Gasteiger partial charge in [0.2, 0.25) is 0 Å². The van der Waals surface area contributed by atoms with E-state index < -0.39 is 0 Å². The van der Waals surface area contributed by atoms with Gasteiger partial charge in [0.15, 0.2) is 5.82 Å². The summed E-state index contributed by atoms with van der Waals surface area (Å²) in [5, 5.41) is 8.36. The Morgan fingerprint density at radius 2 is 2.13 bits per heavy atom. The van der Waals surface area contributed by atoms with E-state index >= 15 is 0 Å². The second-order valence-corrected chi connectivity index (χ2v) is 7.35. The van der Waals surface area contributed by atoms with E-state index in [1.807, 2.05) is 30.8 Å². The zero-order chi connectivity index (χ0) is 16.2. The highest BCUT2D eigenvalue weighted by atomic mass is 79.9. The number of hydrogen-bond donors (Lipinski definition) is 1. The van der Waals surface area contributed by atoms with Crippen molar-refractivity contribution < 1.29 is 4.74 Å². The van der Waals surface area contributed by atoms with Gasteiger partial charge < -0.3 is 15.0 Å². The van der Waals surface area contributed by atoms with Crippen molar-refractivity contribution in [2.24, 2.45) is 5.41 Å². The first-order valence-electron chi connectivity index (χ1n) is 7.95. The van der Waals surface area contributed by atoms with E-state index in [-0.39, 0.29) is 11.5 Å². The molecule has 1 N–H and O–H groups in total. The van der Waals surface area contributed by atoms with E-state index in [0.717, 1.165) is 53.3 Å². The van der Waals surface area contributed by atoms with Gasteiger partial charge in [-0.1, -0.05) is 0 Å². The number of aryl methyl sites for hydroxylation is 1. The van der Waals surface area contributed by atoms with Crippen LogP contribution in [0.5, 0.6) is 0 Å². The Labute approximate surface area is 143 Å². The lowest BCUT2D eigenvalue weighted by Gasteiger charge is -2.39. The molecule has 0 aliphatic carbocycles. The molecule has 0 unspecified atom stereocenters. The fourth-order valence-electron chi connectivity index (χ4n) is 3.72. The van der Waals surface area contributed by atoms with Crippen molar-refractivity contribution in [1.29, 1.82) is 5.41 Å². The van der Waals surface area contributed by atoms with Gasteiger partial charge >= 0.3 is 0 Å². The number of fused-ring (bicyclic) bond motifs is 1. The molecule has 2 fully saturated rings. The van der Waals surface area contributed by atoms with Crippen molar-refractivity contribution >= 4 is 33.0 Å². The van der Waals surface area contributed by atoms with Crippen molar-refractivity contribution in [2.45, 2.75) is 32.8 Å². The van der Waals surface area contributed by atoms with Crippen LogP contribution in [-0.2, 0) is 4.74 Å². The van der Waals surface area contributed by atoms with E-state index in [9.17, 15) is 0 Å². The molecular weight excluding hydrogens is 358 g/mol. The number of piperidine rings is 1. The predicted octanol–water partition coefficient (Wildman–Crippen LogP) is 2.83. The van der Waals surface area contributed by atoms with Gasteiger partial charge in [0.05, 0.1) is 24.6 Å². The number of ether oxygens (including phenoxy) is 1. The summed E-state index contributed by atoms with van der Waals surface area (Å²) in [5.74, 6) is 0.983. The first-order chi connectivity index (χ1) is 11.0. The van der Waals surface area contributed by atoms with Gasteiger partial charge in [0.25, 0.3) is 0 Å². The van der Waals surface area contributed by atoms with Crippen LogP contribution in [0.25, 0.3) is 5.52 Å². The summed E-state index contributed by atoms with van der Waals surface area (Å²) in [6, 6.07) is 0. The lowest BCUT2D eigenvalue weighted by molar-refractivity contribution is 0.0979. The van der Waals surface area contributed by atoms with Crippen molar-refractivity contribution in [3.8, 4) is 0 Å². The SMILES string of the molecule is Cc1nc(N2CCC3(CC2)CO[C@@H](C)C3=N)c2cncn2c1Br. The summed E-state index contributed by atoms with van der Waals surface area (Å²) in [6.45, 7) is 6.47. The van der Waals surface area contributed by atoms with Crippen molar-refractivity contribution in [1.82, 2.24) is 14.4 Å². The fourth-order valence-corrected chi connectivity index (χ4v) is 4.09. The Morgan fingerprint density at radius 1 is 1.39 bits per heavy atom. The van der Waals surface area contributed by atoms with Crippen LogP contribution in [0, 0.1) is 17.7 Å². The lowest BCUT2D eigenvalue weighted by atomic mass is 9.75. The average molecular weight is 378 g/mol. The summed E-state index contributed by atoms with van der Waals surface area (Å²) >= 11 is 3.58. The number of nitrogens with one attached hydrogen (secondary N) is 1. The first kappa shape index (κ1) is 15.1. The molecule has 6 nitrogen and oxygen atoms in total. The largest absolute Gasteiger partial charge is 0.372 e. The van der Waals surface area contributed by atoms with Crippen LogP contribution in [0.4, 0.5) is 5.82 Å². The number of aromatic nitrogens is 3. The quantitative estimate of drug-likeness (QED) is 0.829. The van der Waals surface area contributed by atoms with Gasteiger partial charge in [-0.05, 0) is 42.6 Å². The maximum Gasteiger partial charge on any atom is 0.154 e. The van der Waals surface area contributed by atoms with Gasteiger partial charge in [0, 0.05) is 24.2 Å². The average Bonchev–Trinajstić information content (AvgIpc) is 3.14. The third kappa shape index (κ3) is 2.21. The number of anilines is 1. The lowest BCUT2D eigenvalue weighted by Crippen LogP contribution is -2.45. The van der Waals surface area contributed by atoms with Gasteiger partial charge in [0.1, 0.15) is 16.4 Å². The van der Waals surface area contributed by atoms with E-state index in [0.29, 0.717) is 6.61 Å². The summed E-state index contributed by atoms with van der Waals surface area (Å²) in [4.78, 5) is 11.4. The van der Waals surface area contributed by atoms with E-state index in [1.165, 1.54) is 0 Å². The molecule has 0 aromatic carbocycles. The summed E-state index contributed by atoms with van der Waals surface area (Å²) in [7, 11) is 0. The number of imidazole rings is 1.